The third-order valence-corrected chi connectivity index (χ3v) is 6.58. The molecule has 0 bridgehead atoms. The Kier molecular flexibility index (Phi) is 6.64. The predicted molar refractivity (Wildman–Crippen MR) is 141 cm³/mol. The number of nitrogens with zero attached hydrogens (tertiary/aromatic N) is 3. The van der Waals surface area contributed by atoms with Gasteiger partial charge in [-0.3, -0.25) is 4.79 Å². The number of nitrogens with one attached hydrogen (secondary N) is 3. The van der Waals surface area contributed by atoms with Crippen LogP contribution in [0.4, 0.5) is 35.3 Å². The van der Waals surface area contributed by atoms with Crippen molar-refractivity contribution < 1.29 is 22.8 Å². The van der Waals surface area contributed by atoms with Gasteiger partial charge in [-0.25, -0.2) is 14.8 Å². The first-order chi connectivity index (χ1) is 18.5. The monoisotopic (exact) mass is 555 g/mol. The lowest BCUT2D eigenvalue weighted by Gasteiger charge is -2.15. The van der Waals surface area contributed by atoms with Gasteiger partial charge < -0.3 is 26.3 Å². The zero-order valence-corrected chi connectivity index (χ0v) is 21.1. The maximum absolute atomic E-state index is 13.2. The summed E-state index contributed by atoms with van der Waals surface area (Å²) in [5, 5.41) is 7.40. The molecule has 39 heavy (non-hydrogen) atoms. The molecule has 0 unspecified atom stereocenters. The molecule has 0 fully saturated rings. The number of carbonyl (C=O) groups is 2. The molecule has 13 heteroatoms. The van der Waals surface area contributed by atoms with Crippen molar-refractivity contribution in [1.82, 2.24) is 19.9 Å². The van der Waals surface area contributed by atoms with E-state index in [9.17, 15) is 22.8 Å². The number of rotatable bonds is 4. The number of fused-ring (bicyclic) bond motifs is 1. The highest BCUT2D eigenvalue weighted by Gasteiger charge is 2.34. The van der Waals surface area contributed by atoms with Crippen LogP contribution in [0.1, 0.15) is 21.6 Å². The molecule has 0 atom stereocenters. The zero-order valence-electron chi connectivity index (χ0n) is 20.4. The Bertz CT molecular complexity index is 1620. The molecule has 4 aromatic rings. The predicted octanol–water partition coefficient (Wildman–Crippen LogP) is 5.33. The van der Waals surface area contributed by atoms with Crippen molar-refractivity contribution in [2.24, 2.45) is 7.05 Å². The highest BCUT2D eigenvalue weighted by atomic mass is 35.5. The van der Waals surface area contributed by atoms with Gasteiger partial charge in [-0.1, -0.05) is 23.7 Å². The van der Waals surface area contributed by atoms with Crippen molar-refractivity contribution >= 4 is 40.9 Å². The van der Waals surface area contributed by atoms with E-state index in [-0.39, 0.29) is 17.5 Å². The molecule has 0 radical (unpaired) electrons. The molecule has 3 amide bonds. The Morgan fingerprint density at radius 3 is 2.56 bits per heavy atom. The van der Waals surface area contributed by atoms with Crippen LogP contribution in [-0.2, 0) is 19.6 Å². The summed E-state index contributed by atoms with van der Waals surface area (Å²) in [6, 6.07) is 10.8. The van der Waals surface area contributed by atoms with Crippen molar-refractivity contribution in [1.29, 1.82) is 0 Å². The molecule has 1 aliphatic rings. The molecule has 1 aliphatic heterocycles. The molecule has 200 valence electrons. The van der Waals surface area contributed by atoms with Crippen LogP contribution in [0.5, 0.6) is 0 Å². The number of anilines is 3. The van der Waals surface area contributed by atoms with E-state index in [0.717, 1.165) is 17.8 Å². The van der Waals surface area contributed by atoms with E-state index in [2.05, 4.69) is 25.9 Å². The molecule has 0 spiro atoms. The Morgan fingerprint density at radius 2 is 1.85 bits per heavy atom. The highest BCUT2D eigenvalue weighted by molar-refractivity contribution is 6.31. The van der Waals surface area contributed by atoms with Gasteiger partial charge in [0.15, 0.2) is 0 Å². The summed E-state index contributed by atoms with van der Waals surface area (Å²) in [6.45, 7) is 0.483. The number of benzene rings is 2. The fourth-order valence-electron chi connectivity index (χ4n) is 4.61. The molecule has 0 saturated heterocycles. The summed E-state index contributed by atoms with van der Waals surface area (Å²) in [7, 11) is 1.84. The third kappa shape index (κ3) is 5.10. The van der Waals surface area contributed by atoms with Gasteiger partial charge in [-0.2, -0.15) is 13.2 Å². The largest absolute Gasteiger partial charge is 0.417 e. The van der Waals surface area contributed by atoms with E-state index in [1.165, 1.54) is 12.3 Å². The molecule has 3 heterocycles. The van der Waals surface area contributed by atoms with Crippen LogP contribution >= 0.6 is 11.6 Å². The summed E-state index contributed by atoms with van der Waals surface area (Å²) in [5.41, 5.74) is 8.70. The lowest BCUT2D eigenvalue weighted by Crippen LogP contribution is -2.32. The van der Waals surface area contributed by atoms with Gasteiger partial charge in [-0.15, -0.1) is 0 Å². The highest BCUT2D eigenvalue weighted by Crippen LogP contribution is 2.40. The first-order valence-electron chi connectivity index (χ1n) is 11.7. The Morgan fingerprint density at radius 1 is 1.10 bits per heavy atom. The first-order valence-corrected chi connectivity index (χ1v) is 12.0. The number of hydrogen-bond donors (Lipinski definition) is 4. The number of amides is 3. The molecule has 0 saturated carbocycles. The molecular formula is C26H21ClF3N7O2. The Hall–Kier alpha value is -4.58. The van der Waals surface area contributed by atoms with E-state index >= 15 is 0 Å². The van der Waals surface area contributed by atoms with Crippen LogP contribution in [0.2, 0.25) is 5.02 Å². The van der Waals surface area contributed by atoms with E-state index in [0.29, 0.717) is 46.7 Å². The fourth-order valence-corrected chi connectivity index (χ4v) is 4.83. The molecule has 9 nitrogen and oxygen atoms in total. The topological polar surface area (TPSA) is 127 Å². The number of nitrogen functional groups attached to an aromatic ring is 1. The second kappa shape index (κ2) is 9.95. The Labute approximate surface area is 225 Å². The number of alkyl halides is 3. The molecule has 2 aromatic carbocycles. The van der Waals surface area contributed by atoms with Crippen LogP contribution in [0, 0.1) is 0 Å². The van der Waals surface area contributed by atoms with E-state index < -0.39 is 22.8 Å². The van der Waals surface area contributed by atoms with Crippen molar-refractivity contribution in [3.63, 3.8) is 0 Å². The van der Waals surface area contributed by atoms with Crippen molar-refractivity contribution in [3.05, 3.63) is 76.6 Å². The van der Waals surface area contributed by atoms with Crippen molar-refractivity contribution in [2.75, 3.05) is 22.9 Å². The number of carbonyl (C=O) groups excluding carboxylic acids is 2. The summed E-state index contributed by atoms with van der Waals surface area (Å²) in [4.78, 5) is 33.9. The van der Waals surface area contributed by atoms with Gasteiger partial charge in [0.2, 0.25) is 5.95 Å². The van der Waals surface area contributed by atoms with E-state index in [4.69, 9.17) is 17.3 Å². The third-order valence-electron chi connectivity index (χ3n) is 6.25. The van der Waals surface area contributed by atoms with Crippen LogP contribution in [-0.4, -0.2) is 33.0 Å². The summed E-state index contributed by atoms with van der Waals surface area (Å²) >= 11 is 5.66. The maximum atomic E-state index is 13.2. The summed E-state index contributed by atoms with van der Waals surface area (Å²) in [6.07, 6.45) is -2.55. The number of halogens is 4. The van der Waals surface area contributed by atoms with Crippen molar-refractivity contribution in [2.45, 2.75) is 12.6 Å². The second-order valence-electron chi connectivity index (χ2n) is 8.76. The SMILES string of the molecule is Cn1c2c(c(-c3cccc(NC(=O)Nc4ccc(Cl)c(C(F)(F)F)c4)c3)c1-c1ccnc(N)n1)C(=O)NCC2. The van der Waals surface area contributed by atoms with Gasteiger partial charge in [-0.05, 0) is 42.0 Å². The molecule has 2 aromatic heterocycles. The summed E-state index contributed by atoms with van der Waals surface area (Å²) in [5.74, 6) is -0.167. The minimum atomic E-state index is -4.67. The fraction of sp³-hybridized carbons (Fsp3) is 0.154. The average Bonchev–Trinajstić information content (AvgIpc) is 3.18. The quantitative estimate of drug-likeness (QED) is 0.270. The zero-order chi connectivity index (χ0) is 27.9. The molecule has 5 N–H and O–H groups in total. The number of hydrogen-bond acceptors (Lipinski definition) is 5. The smallest absolute Gasteiger partial charge is 0.368 e. The molecule has 0 aliphatic carbocycles. The second-order valence-corrected chi connectivity index (χ2v) is 9.17. The van der Waals surface area contributed by atoms with Crippen LogP contribution in [0.25, 0.3) is 22.5 Å². The summed E-state index contributed by atoms with van der Waals surface area (Å²) < 4.78 is 41.5. The van der Waals surface area contributed by atoms with Gasteiger partial charge >= 0.3 is 12.2 Å². The minimum absolute atomic E-state index is 0.0741. The molecule has 5 rings (SSSR count). The van der Waals surface area contributed by atoms with Crippen molar-refractivity contribution in [3.8, 4) is 22.5 Å². The van der Waals surface area contributed by atoms with Crippen LogP contribution in [0.3, 0.4) is 0 Å². The number of aromatic nitrogens is 3. The van der Waals surface area contributed by atoms with Crippen LogP contribution < -0.4 is 21.7 Å². The number of urea groups is 1. The number of nitrogens with two attached hydrogens (primary N) is 1. The lowest BCUT2D eigenvalue weighted by molar-refractivity contribution is -0.137. The van der Waals surface area contributed by atoms with Gasteiger partial charge in [0.25, 0.3) is 5.91 Å². The Balaban J connectivity index is 1.50. The lowest BCUT2D eigenvalue weighted by atomic mass is 9.96. The standard InChI is InChI=1S/C26H21ClF3N7O2/c1-37-19-8-10-32-23(38)21(19)20(22(37)18-7-9-33-24(31)36-18)13-3-2-4-14(11-13)34-25(39)35-15-5-6-17(27)16(12-15)26(28,29)30/h2-7,9,11-12H,8,10H2,1H3,(H,32,38)(H2,31,33,36)(H2,34,35,39). The minimum Gasteiger partial charge on any atom is -0.368 e. The van der Waals surface area contributed by atoms with Crippen LogP contribution in [0.15, 0.2) is 54.7 Å². The van der Waals surface area contributed by atoms with Gasteiger partial charge in [0, 0.05) is 48.8 Å². The maximum Gasteiger partial charge on any atom is 0.417 e. The first kappa shape index (κ1) is 26.0. The van der Waals surface area contributed by atoms with Gasteiger partial charge in [0.05, 0.1) is 27.5 Å². The normalized spacial score (nSPS) is 13.0. The molecular weight excluding hydrogens is 535 g/mol. The van der Waals surface area contributed by atoms with E-state index in [1.807, 2.05) is 11.6 Å². The van der Waals surface area contributed by atoms with Gasteiger partial charge in [0.1, 0.15) is 0 Å². The average molecular weight is 556 g/mol. The van der Waals surface area contributed by atoms with E-state index in [1.54, 1.807) is 30.3 Å².